The van der Waals surface area contributed by atoms with Gasteiger partial charge in [-0.1, -0.05) is 41.5 Å². The van der Waals surface area contributed by atoms with Crippen LogP contribution in [0, 0.1) is 0 Å². The van der Waals surface area contributed by atoms with Crippen molar-refractivity contribution in [2.45, 2.75) is 26.2 Å². The largest absolute Gasteiger partial charge is 0.616 e. The fraction of sp³-hybridized carbons (Fsp3) is 0.462. The molecule has 0 bridgehead atoms. The van der Waals surface area contributed by atoms with Gasteiger partial charge < -0.3 is 9.35 Å². The Hall–Kier alpha value is -0.800. The molecule has 88 valence electrons. The summed E-state index contributed by atoms with van der Waals surface area (Å²) in [6.45, 7) is 1.58. The van der Waals surface area contributed by atoms with Crippen molar-refractivity contribution in [3.63, 3.8) is 0 Å². The average molecular weight is 238 g/mol. The van der Waals surface area contributed by atoms with Gasteiger partial charge in [-0.15, -0.1) is 0 Å². The summed E-state index contributed by atoms with van der Waals surface area (Å²) < 4.78 is 11.6. The molecule has 1 rings (SSSR count). The molecule has 0 aliphatic carbocycles. The van der Waals surface area contributed by atoms with E-state index in [0.29, 0.717) is 17.9 Å². The van der Waals surface area contributed by atoms with Gasteiger partial charge >= 0.3 is 0 Å². The summed E-state index contributed by atoms with van der Waals surface area (Å²) in [6, 6.07) is 10.1. The van der Waals surface area contributed by atoms with Crippen LogP contribution in [0.25, 0.3) is 0 Å². The SMILES string of the molecule is CC(=O)CCC[S+]([O-])CCc1ccccc1. The molecular formula is C13H18O2S. The second-order valence-electron chi connectivity index (χ2n) is 3.89. The number of carbonyl (C=O) groups is 1. The molecule has 0 amide bonds. The third kappa shape index (κ3) is 5.93. The van der Waals surface area contributed by atoms with Crippen LogP contribution in [-0.4, -0.2) is 21.8 Å². The Morgan fingerprint density at radius 3 is 2.56 bits per heavy atom. The summed E-state index contributed by atoms with van der Waals surface area (Å²) in [5, 5.41) is 0. The number of hydrogen-bond donors (Lipinski definition) is 0. The van der Waals surface area contributed by atoms with E-state index in [1.807, 2.05) is 30.3 Å². The van der Waals surface area contributed by atoms with Gasteiger partial charge in [-0.25, -0.2) is 0 Å². The zero-order chi connectivity index (χ0) is 11.8. The van der Waals surface area contributed by atoms with Crippen LogP contribution in [0.15, 0.2) is 30.3 Å². The molecule has 2 nitrogen and oxygen atoms in total. The van der Waals surface area contributed by atoms with E-state index in [2.05, 4.69) is 0 Å². The van der Waals surface area contributed by atoms with Gasteiger partial charge in [0.05, 0.1) is 0 Å². The molecule has 0 saturated heterocycles. The number of benzene rings is 1. The molecule has 1 atom stereocenters. The van der Waals surface area contributed by atoms with E-state index in [9.17, 15) is 9.35 Å². The summed E-state index contributed by atoms with van der Waals surface area (Å²) in [7, 11) is 0. The Labute approximate surface area is 100 Å². The van der Waals surface area contributed by atoms with Crippen LogP contribution in [0.2, 0.25) is 0 Å². The van der Waals surface area contributed by atoms with Crippen molar-refractivity contribution in [3.05, 3.63) is 35.9 Å². The van der Waals surface area contributed by atoms with Crippen molar-refractivity contribution >= 4 is 17.0 Å². The van der Waals surface area contributed by atoms with Gasteiger partial charge in [0.1, 0.15) is 17.3 Å². The first-order valence-electron chi connectivity index (χ1n) is 5.57. The lowest BCUT2D eigenvalue weighted by atomic mass is 10.2. The van der Waals surface area contributed by atoms with Gasteiger partial charge in [-0.2, -0.15) is 0 Å². The van der Waals surface area contributed by atoms with E-state index in [-0.39, 0.29) is 5.78 Å². The van der Waals surface area contributed by atoms with Crippen LogP contribution in [-0.2, 0) is 22.4 Å². The van der Waals surface area contributed by atoms with Crippen molar-refractivity contribution in [2.24, 2.45) is 0 Å². The first-order valence-corrected chi connectivity index (χ1v) is 7.05. The van der Waals surface area contributed by atoms with Crippen molar-refractivity contribution in [2.75, 3.05) is 11.5 Å². The van der Waals surface area contributed by atoms with Gasteiger partial charge in [-0.05, 0) is 18.9 Å². The predicted molar refractivity (Wildman–Crippen MR) is 67.9 cm³/mol. The van der Waals surface area contributed by atoms with Gasteiger partial charge in [0.15, 0.2) is 0 Å². The third-order valence-corrected chi connectivity index (χ3v) is 3.77. The van der Waals surface area contributed by atoms with E-state index >= 15 is 0 Å². The molecule has 0 radical (unpaired) electrons. The first kappa shape index (κ1) is 13.3. The molecule has 1 aromatic rings. The van der Waals surface area contributed by atoms with Crippen LogP contribution in [0.4, 0.5) is 0 Å². The first-order chi connectivity index (χ1) is 7.68. The van der Waals surface area contributed by atoms with Crippen molar-refractivity contribution in [3.8, 4) is 0 Å². The molecule has 0 aliphatic rings. The average Bonchev–Trinajstić information content (AvgIpc) is 2.27. The molecule has 0 aliphatic heterocycles. The molecule has 16 heavy (non-hydrogen) atoms. The number of ketones is 1. The molecule has 3 heteroatoms. The van der Waals surface area contributed by atoms with Crippen LogP contribution < -0.4 is 0 Å². The highest BCUT2D eigenvalue weighted by Gasteiger charge is 2.06. The highest BCUT2D eigenvalue weighted by Crippen LogP contribution is 2.04. The van der Waals surface area contributed by atoms with E-state index < -0.39 is 11.2 Å². The lowest BCUT2D eigenvalue weighted by molar-refractivity contribution is -0.117. The minimum absolute atomic E-state index is 0.181. The molecule has 0 saturated carbocycles. The molecule has 1 aromatic carbocycles. The highest BCUT2D eigenvalue weighted by atomic mass is 32.2. The lowest BCUT2D eigenvalue weighted by Gasteiger charge is -2.10. The molecule has 0 heterocycles. The predicted octanol–water partition coefficient (Wildman–Crippen LogP) is 2.35. The second-order valence-corrected chi connectivity index (χ2v) is 5.59. The zero-order valence-corrected chi connectivity index (χ0v) is 10.5. The lowest BCUT2D eigenvalue weighted by Crippen LogP contribution is -2.13. The number of hydrogen-bond acceptors (Lipinski definition) is 2. The molecule has 1 unspecified atom stereocenters. The van der Waals surface area contributed by atoms with Gasteiger partial charge in [0.25, 0.3) is 0 Å². The summed E-state index contributed by atoms with van der Waals surface area (Å²) in [4.78, 5) is 10.7. The minimum Gasteiger partial charge on any atom is -0.616 e. The van der Waals surface area contributed by atoms with E-state index in [1.165, 1.54) is 5.56 Å². The van der Waals surface area contributed by atoms with Gasteiger partial charge in [0.2, 0.25) is 0 Å². The Bertz CT molecular complexity index is 311. The number of rotatable bonds is 7. The van der Waals surface area contributed by atoms with Crippen LogP contribution in [0.5, 0.6) is 0 Å². The fourth-order valence-electron chi connectivity index (χ4n) is 1.46. The summed E-state index contributed by atoms with van der Waals surface area (Å²) in [5.74, 6) is 1.52. The second kappa shape index (κ2) is 7.47. The Morgan fingerprint density at radius 2 is 1.94 bits per heavy atom. The molecule has 0 spiro atoms. The maximum absolute atomic E-state index is 11.6. The van der Waals surface area contributed by atoms with E-state index in [0.717, 1.165) is 12.8 Å². The van der Waals surface area contributed by atoms with Crippen LogP contribution in [0.1, 0.15) is 25.3 Å². The quantitative estimate of drug-likeness (QED) is 0.684. The maximum Gasteiger partial charge on any atom is 0.130 e. The fourth-order valence-corrected chi connectivity index (χ4v) is 2.59. The molecule has 0 N–H and O–H groups in total. The van der Waals surface area contributed by atoms with E-state index in [1.54, 1.807) is 6.92 Å². The Kier molecular flexibility index (Phi) is 6.19. The molecule has 0 aromatic heterocycles. The zero-order valence-electron chi connectivity index (χ0n) is 9.65. The monoisotopic (exact) mass is 238 g/mol. The van der Waals surface area contributed by atoms with Crippen molar-refractivity contribution in [1.82, 2.24) is 0 Å². The summed E-state index contributed by atoms with van der Waals surface area (Å²) in [5.41, 5.74) is 1.22. The summed E-state index contributed by atoms with van der Waals surface area (Å²) >= 11 is -0.789. The van der Waals surface area contributed by atoms with Crippen LogP contribution in [0.3, 0.4) is 0 Å². The number of carbonyl (C=O) groups excluding carboxylic acids is 1. The third-order valence-electron chi connectivity index (χ3n) is 2.36. The van der Waals surface area contributed by atoms with Crippen molar-refractivity contribution < 1.29 is 9.35 Å². The van der Waals surface area contributed by atoms with Gasteiger partial charge in [-0.3, -0.25) is 0 Å². The smallest absolute Gasteiger partial charge is 0.130 e. The van der Waals surface area contributed by atoms with Crippen molar-refractivity contribution in [1.29, 1.82) is 0 Å². The Morgan fingerprint density at radius 1 is 1.25 bits per heavy atom. The standard InChI is InChI=1S/C13H18O2S/c1-12(14)6-5-10-16(15)11-9-13-7-3-2-4-8-13/h2-4,7-8H,5-6,9-11H2,1H3. The van der Waals surface area contributed by atoms with E-state index in [4.69, 9.17) is 0 Å². The summed E-state index contributed by atoms with van der Waals surface area (Å²) in [6.07, 6.45) is 2.15. The maximum atomic E-state index is 11.6. The highest BCUT2D eigenvalue weighted by molar-refractivity contribution is 7.91. The van der Waals surface area contributed by atoms with Gasteiger partial charge in [0, 0.05) is 12.8 Å². The molecular weight excluding hydrogens is 220 g/mol. The molecule has 0 fully saturated rings. The Balaban J connectivity index is 2.15. The number of aryl methyl sites for hydroxylation is 1. The minimum atomic E-state index is -0.789. The number of Topliss-reactive ketones (excluding diaryl/α,β-unsaturated/α-hetero) is 1. The normalized spacial score (nSPS) is 12.4. The van der Waals surface area contributed by atoms with Crippen LogP contribution >= 0.6 is 0 Å². The topological polar surface area (TPSA) is 40.1 Å².